The first-order valence-corrected chi connectivity index (χ1v) is 9.31. The minimum atomic E-state index is -0.502. The SMILES string of the molecule is CN(CC1CCN(C(=O)C=Cc2ccc(F)cc2)CC1)C(=O)OC(C)(C)C. The second-order valence-electron chi connectivity index (χ2n) is 8.01. The van der Waals surface area contributed by atoms with Crippen LogP contribution in [0.1, 0.15) is 39.2 Å². The summed E-state index contributed by atoms with van der Waals surface area (Å²) < 4.78 is 18.3. The Bertz CT molecular complexity index is 672. The highest BCUT2D eigenvalue weighted by Gasteiger charge is 2.25. The molecule has 1 heterocycles. The fraction of sp³-hybridized carbons (Fsp3) is 0.524. The summed E-state index contributed by atoms with van der Waals surface area (Å²) in [7, 11) is 1.75. The number of carbonyl (C=O) groups is 2. The topological polar surface area (TPSA) is 49.9 Å². The molecule has 1 aromatic carbocycles. The van der Waals surface area contributed by atoms with Crippen LogP contribution < -0.4 is 0 Å². The molecule has 0 saturated carbocycles. The third-order valence-corrected chi connectivity index (χ3v) is 4.45. The number of hydrogen-bond donors (Lipinski definition) is 0. The predicted octanol–water partition coefficient (Wildman–Crippen LogP) is 3.94. The minimum absolute atomic E-state index is 0.0433. The van der Waals surface area contributed by atoms with E-state index in [2.05, 4.69) is 0 Å². The molecule has 0 unspecified atom stereocenters. The lowest BCUT2D eigenvalue weighted by atomic mass is 9.96. The van der Waals surface area contributed by atoms with Gasteiger partial charge in [-0.25, -0.2) is 9.18 Å². The van der Waals surface area contributed by atoms with Crippen molar-refractivity contribution in [2.45, 2.75) is 39.2 Å². The zero-order valence-electron chi connectivity index (χ0n) is 16.6. The zero-order valence-corrected chi connectivity index (χ0v) is 16.6. The summed E-state index contributed by atoms with van der Waals surface area (Å²) >= 11 is 0. The number of amides is 2. The molecule has 27 heavy (non-hydrogen) atoms. The number of rotatable bonds is 4. The Labute approximate surface area is 160 Å². The quantitative estimate of drug-likeness (QED) is 0.748. The molecule has 5 nitrogen and oxygen atoms in total. The molecule has 6 heteroatoms. The van der Waals surface area contributed by atoms with E-state index in [4.69, 9.17) is 4.74 Å². The van der Waals surface area contributed by atoms with Gasteiger partial charge in [0.15, 0.2) is 0 Å². The van der Waals surface area contributed by atoms with E-state index in [0.717, 1.165) is 18.4 Å². The number of nitrogens with zero attached hydrogens (tertiary/aromatic N) is 2. The molecule has 1 aliphatic heterocycles. The maximum absolute atomic E-state index is 12.9. The van der Waals surface area contributed by atoms with E-state index in [-0.39, 0.29) is 17.8 Å². The number of likely N-dealkylation sites (tertiary alicyclic amines) is 1. The number of ether oxygens (including phenoxy) is 1. The predicted molar refractivity (Wildman–Crippen MR) is 104 cm³/mol. The summed E-state index contributed by atoms with van der Waals surface area (Å²) in [6.07, 6.45) is 4.61. The van der Waals surface area contributed by atoms with Crippen LogP contribution in [0.5, 0.6) is 0 Å². The third kappa shape index (κ3) is 7.04. The highest BCUT2D eigenvalue weighted by atomic mass is 19.1. The lowest BCUT2D eigenvalue weighted by Crippen LogP contribution is -2.42. The van der Waals surface area contributed by atoms with Crippen molar-refractivity contribution in [2.24, 2.45) is 5.92 Å². The highest BCUT2D eigenvalue weighted by Crippen LogP contribution is 2.20. The van der Waals surface area contributed by atoms with Crippen molar-refractivity contribution in [2.75, 3.05) is 26.7 Å². The van der Waals surface area contributed by atoms with E-state index in [9.17, 15) is 14.0 Å². The minimum Gasteiger partial charge on any atom is -0.444 e. The zero-order chi connectivity index (χ0) is 20.0. The van der Waals surface area contributed by atoms with Gasteiger partial charge in [0.25, 0.3) is 0 Å². The number of piperidine rings is 1. The van der Waals surface area contributed by atoms with Crippen LogP contribution in [0.15, 0.2) is 30.3 Å². The van der Waals surface area contributed by atoms with Crippen LogP contribution in [0.3, 0.4) is 0 Å². The van der Waals surface area contributed by atoms with E-state index in [1.54, 1.807) is 30.2 Å². The maximum atomic E-state index is 12.9. The van der Waals surface area contributed by atoms with E-state index in [1.807, 2.05) is 25.7 Å². The van der Waals surface area contributed by atoms with Gasteiger partial charge in [-0.05, 0) is 63.3 Å². The van der Waals surface area contributed by atoms with Crippen molar-refractivity contribution in [1.82, 2.24) is 9.80 Å². The summed E-state index contributed by atoms with van der Waals surface area (Å²) in [5.74, 6) is 0.0165. The number of halogens is 1. The average Bonchev–Trinajstić information content (AvgIpc) is 2.60. The first kappa shape index (κ1) is 20.9. The molecule has 0 bridgehead atoms. The molecule has 2 amide bonds. The molecular weight excluding hydrogens is 347 g/mol. The number of benzene rings is 1. The molecule has 0 aliphatic carbocycles. The number of carbonyl (C=O) groups excluding carboxylic acids is 2. The maximum Gasteiger partial charge on any atom is 0.410 e. The van der Waals surface area contributed by atoms with Gasteiger partial charge in [-0.3, -0.25) is 4.79 Å². The highest BCUT2D eigenvalue weighted by molar-refractivity contribution is 5.91. The molecule has 1 aliphatic rings. The van der Waals surface area contributed by atoms with Gasteiger partial charge < -0.3 is 14.5 Å². The van der Waals surface area contributed by atoms with Crippen LogP contribution in [0.2, 0.25) is 0 Å². The summed E-state index contributed by atoms with van der Waals surface area (Å²) in [6, 6.07) is 6.02. The van der Waals surface area contributed by atoms with Crippen LogP contribution in [0.4, 0.5) is 9.18 Å². The van der Waals surface area contributed by atoms with E-state index in [1.165, 1.54) is 18.2 Å². The fourth-order valence-electron chi connectivity index (χ4n) is 2.98. The Morgan fingerprint density at radius 2 is 1.81 bits per heavy atom. The number of hydrogen-bond acceptors (Lipinski definition) is 3. The van der Waals surface area contributed by atoms with Crippen molar-refractivity contribution in [3.8, 4) is 0 Å². The smallest absolute Gasteiger partial charge is 0.410 e. The Morgan fingerprint density at radius 1 is 1.22 bits per heavy atom. The van der Waals surface area contributed by atoms with Gasteiger partial charge in [0.1, 0.15) is 11.4 Å². The standard InChI is InChI=1S/C21H29FN2O3/c1-21(2,3)27-20(26)23(4)15-17-11-13-24(14-12-17)19(25)10-7-16-5-8-18(22)9-6-16/h5-10,17H,11-15H2,1-4H3. The van der Waals surface area contributed by atoms with Gasteiger partial charge in [0, 0.05) is 32.8 Å². The van der Waals surface area contributed by atoms with Crippen LogP contribution in [0, 0.1) is 11.7 Å². The van der Waals surface area contributed by atoms with Crippen molar-refractivity contribution < 1.29 is 18.7 Å². The van der Waals surface area contributed by atoms with Gasteiger partial charge in [0.2, 0.25) is 5.91 Å². The Morgan fingerprint density at radius 3 is 2.37 bits per heavy atom. The Balaban J connectivity index is 1.78. The van der Waals surface area contributed by atoms with Crippen molar-refractivity contribution >= 4 is 18.1 Å². The summed E-state index contributed by atoms with van der Waals surface area (Å²) in [5.41, 5.74) is 0.288. The summed E-state index contributed by atoms with van der Waals surface area (Å²) in [4.78, 5) is 27.8. The van der Waals surface area contributed by atoms with Gasteiger partial charge >= 0.3 is 6.09 Å². The molecule has 1 aromatic rings. The van der Waals surface area contributed by atoms with E-state index in [0.29, 0.717) is 25.6 Å². The van der Waals surface area contributed by atoms with Crippen molar-refractivity contribution in [1.29, 1.82) is 0 Å². The monoisotopic (exact) mass is 376 g/mol. The van der Waals surface area contributed by atoms with Gasteiger partial charge in [-0.1, -0.05) is 12.1 Å². The fourth-order valence-corrected chi connectivity index (χ4v) is 2.98. The van der Waals surface area contributed by atoms with Gasteiger partial charge in [-0.15, -0.1) is 0 Å². The molecule has 148 valence electrons. The largest absolute Gasteiger partial charge is 0.444 e. The van der Waals surface area contributed by atoms with Crippen LogP contribution >= 0.6 is 0 Å². The molecule has 2 rings (SSSR count). The summed E-state index contributed by atoms with van der Waals surface area (Å²) in [5, 5.41) is 0. The average molecular weight is 376 g/mol. The molecule has 0 N–H and O–H groups in total. The molecule has 0 spiro atoms. The molecule has 0 aromatic heterocycles. The molecule has 1 saturated heterocycles. The lowest BCUT2D eigenvalue weighted by Gasteiger charge is -2.34. The van der Waals surface area contributed by atoms with Crippen LogP contribution in [-0.4, -0.2) is 54.1 Å². The molecule has 0 radical (unpaired) electrons. The van der Waals surface area contributed by atoms with E-state index < -0.39 is 5.60 Å². The summed E-state index contributed by atoms with van der Waals surface area (Å²) in [6.45, 7) is 7.51. The second-order valence-corrected chi connectivity index (χ2v) is 8.01. The Kier molecular flexibility index (Phi) is 6.99. The van der Waals surface area contributed by atoms with Gasteiger partial charge in [-0.2, -0.15) is 0 Å². The first-order chi connectivity index (χ1) is 12.6. The normalized spacial score (nSPS) is 15.8. The Hall–Kier alpha value is -2.37. The molecule has 1 fully saturated rings. The van der Waals surface area contributed by atoms with Crippen LogP contribution in [0.25, 0.3) is 6.08 Å². The van der Waals surface area contributed by atoms with Crippen LogP contribution in [-0.2, 0) is 9.53 Å². The van der Waals surface area contributed by atoms with E-state index >= 15 is 0 Å². The van der Waals surface area contributed by atoms with Crippen molar-refractivity contribution in [3.63, 3.8) is 0 Å². The third-order valence-electron chi connectivity index (χ3n) is 4.45. The lowest BCUT2D eigenvalue weighted by molar-refractivity contribution is -0.127. The van der Waals surface area contributed by atoms with Crippen molar-refractivity contribution in [3.05, 3.63) is 41.7 Å². The second kappa shape index (κ2) is 9.02. The van der Waals surface area contributed by atoms with Gasteiger partial charge in [0.05, 0.1) is 0 Å². The molecule has 0 atom stereocenters. The first-order valence-electron chi connectivity index (χ1n) is 9.31. The molecular formula is C21H29FN2O3.